The first-order valence-electron chi connectivity index (χ1n) is 8.32. The van der Waals surface area contributed by atoms with E-state index in [-0.39, 0.29) is 11.8 Å². The zero-order chi connectivity index (χ0) is 19.8. The van der Waals surface area contributed by atoms with Gasteiger partial charge in [0.1, 0.15) is 5.69 Å². The molecule has 2 nitrogen and oxygen atoms in total. The molecule has 0 unspecified atom stereocenters. The van der Waals surface area contributed by atoms with E-state index in [2.05, 4.69) is 4.98 Å². The number of alkyl halides is 6. The van der Waals surface area contributed by atoms with Gasteiger partial charge in [-0.15, -0.1) is 0 Å². The SMILES string of the molecule is CC[Si](CC)(CC)c1ccnc(-c2[nH]c(C(F)(F)F)cc2C(F)(F)F)c1. The highest BCUT2D eigenvalue weighted by molar-refractivity contribution is 6.91. The first-order chi connectivity index (χ1) is 12.0. The topological polar surface area (TPSA) is 28.7 Å². The minimum atomic E-state index is -4.91. The average Bonchev–Trinajstić information content (AvgIpc) is 3.03. The van der Waals surface area contributed by atoms with Gasteiger partial charge in [-0.25, -0.2) is 0 Å². The third-order valence-corrected chi connectivity index (χ3v) is 10.7. The fourth-order valence-corrected chi connectivity index (χ4v) is 6.89. The van der Waals surface area contributed by atoms with Crippen molar-refractivity contribution < 1.29 is 26.3 Å². The lowest BCUT2D eigenvalue weighted by Crippen LogP contribution is -2.45. The van der Waals surface area contributed by atoms with Gasteiger partial charge in [0.2, 0.25) is 0 Å². The lowest BCUT2D eigenvalue weighted by Gasteiger charge is -2.28. The van der Waals surface area contributed by atoms with Gasteiger partial charge in [0.05, 0.1) is 25.0 Å². The molecular weight excluding hydrogens is 374 g/mol. The minimum Gasteiger partial charge on any atom is -0.349 e. The number of nitrogens with one attached hydrogen (secondary N) is 1. The third-order valence-electron chi connectivity index (χ3n) is 5.09. The molecule has 0 spiro atoms. The molecule has 2 rings (SSSR count). The second kappa shape index (κ2) is 7.09. The Hall–Kier alpha value is -1.77. The van der Waals surface area contributed by atoms with Crippen molar-refractivity contribution in [3.05, 3.63) is 35.7 Å². The summed E-state index contributed by atoms with van der Waals surface area (Å²) in [5.74, 6) is 0. The van der Waals surface area contributed by atoms with Gasteiger partial charge in [-0.2, -0.15) is 26.3 Å². The van der Waals surface area contributed by atoms with Crippen molar-refractivity contribution in [2.24, 2.45) is 0 Å². The molecule has 0 saturated heterocycles. The summed E-state index contributed by atoms with van der Waals surface area (Å²) in [6.45, 7) is 6.12. The summed E-state index contributed by atoms with van der Waals surface area (Å²) in [5.41, 5.74) is -3.54. The molecular formula is C17H20F6N2Si. The third kappa shape index (κ3) is 3.82. The van der Waals surface area contributed by atoms with E-state index < -0.39 is 37.4 Å². The number of pyridine rings is 1. The van der Waals surface area contributed by atoms with Crippen LogP contribution in [-0.2, 0) is 12.4 Å². The fourth-order valence-electron chi connectivity index (χ4n) is 3.29. The molecule has 0 aliphatic carbocycles. The summed E-state index contributed by atoms with van der Waals surface area (Å²) < 4.78 is 78.5. The highest BCUT2D eigenvalue weighted by atomic mass is 28.3. The maximum atomic E-state index is 13.3. The van der Waals surface area contributed by atoms with Crippen LogP contribution in [0.2, 0.25) is 18.1 Å². The summed E-state index contributed by atoms with van der Waals surface area (Å²) in [4.78, 5) is 5.80. The highest BCUT2D eigenvalue weighted by Crippen LogP contribution is 2.40. The van der Waals surface area contributed by atoms with E-state index in [0.29, 0.717) is 0 Å². The number of rotatable bonds is 5. The molecule has 9 heteroatoms. The largest absolute Gasteiger partial charge is 0.431 e. The molecule has 2 aromatic heterocycles. The Morgan fingerprint density at radius 2 is 1.50 bits per heavy atom. The molecule has 0 amide bonds. The van der Waals surface area contributed by atoms with Crippen LogP contribution in [0.4, 0.5) is 26.3 Å². The minimum absolute atomic E-state index is 0.105. The van der Waals surface area contributed by atoms with Gasteiger partial charge in [-0.05, 0) is 18.2 Å². The van der Waals surface area contributed by atoms with E-state index in [1.807, 2.05) is 25.8 Å². The molecule has 0 aliphatic heterocycles. The van der Waals surface area contributed by atoms with Crippen LogP contribution >= 0.6 is 0 Å². The quantitative estimate of drug-likeness (QED) is 0.502. The van der Waals surface area contributed by atoms with Crippen molar-refractivity contribution in [3.8, 4) is 11.4 Å². The van der Waals surface area contributed by atoms with Crippen LogP contribution < -0.4 is 5.19 Å². The molecule has 144 valence electrons. The second-order valence-electron chi connectivity index (χ2n) is 6.24. The van der Waals surface area contributed by atoms with Gasteiger partial charge in [-0.3, -0.25) is 4.98 Å². The number of hydrogen-bond donors (Lipinski definition) is 1. The van der Waals surface area contributed by atoms with Crippen LogP contribution in [0.15, 0.2) is 24.4 Å². The average molecular weight is 394 g/mol. The molecule has 0 radical (unpaired) electrons. The van der Waals surface area contributed by atoms with Gasteiger partial charge in [0.25, 0.3) is 0 Å². The number of H-pyrrole nitrogens is 1. The Morgan fingerprint density at radius 3 is 1.96 bits per heavy atom. The summed E-state index contributed by atoms with van der Waals surface area (Å²) >= 11 is 0. The van der Waals surface area contributed by atoms with E-state index >= 15 is 0 Å². The van der Waals surface area contributed by atoms with Crippen LogP contribution in [0, 0.1) is 0 Å². The van der Waals surface area contributed by atoms with E-state index in [9.17, 15) is 26.3 Å². The Labute approximate surface area is 148 Å². The van der Waals surface area contributed by atoms with E-state index in [1.165, 1.54) is 12.3 Å². The number of aromatic nitrogens is 2. The first-order valence-corrected chi connectivity index (χ1v) is 10.9. The number of nitrogens with zero attached hydrogens (tertiary/aromatic N) is 1. The van der Waals surface area contributed by atoms with Crippen molar-refractivity contribution in [1.82, 2.24) is 9.97 Å². The predicted molar refractivity (Wildman–Crippen MR) is 90.9 cm³/mol. The molecule has 0 bridgehead atoms. The second-order valence-corrected chi connectivity index (χ2v) is 11.5. The number of hydrogen-bond acceptors (Lipinski definition) is 1. The Morgan fingerprint density at radius 1 is 0.923 bits per heavy atom. The Kier molecular flexibility index (Phi) is 5.60. The van der Waals surface area contributed by atoms with E-state index in [1.54, 1.807) is 6.07 Å². The maximum absolute atomic E-state index is 13.3. The summed E-state index contributed by atoms with van der Waals surface area (Å²) in [6.07, 6.45) is -8.44. The van der Waals surface area contributed by atoms with E-state index in [4.69, 9.17) is 0 Å². The number of halogens is 6. The van der Waals surface area contributed by atoms with Crippen LogP contribution in [-0.4, -0.2) is 18.0 Å². The zero-order valence-corrected chi connectivity index (χ0v) is 15.6. The Bertz CT molecular complexity index is 751. The number of aromatic amines is 1. The zero-order valence-electron chi connectivity index (χ0n) is 14.6. The van der Waals surface area contributed by atoms with Crippen LogP contribution in [0.25, 0.3) is 11.4 Å². The molecule has 2 heterocycles. The molecule has 2 aromatic rings. The standard InChI is InChI=1S/C17H20F6N2Si/c1-4-26(5-2,6-3)11-7-8-24-13(9-11)15-12(16(18,19)20)10-14(25-15)17(21,22)23/h7-10,25H,4-6H2,1-3H3. The molecule has 26 heavy (non-hydrogen) atoms. The molecule has 0 aromatic carbocycles. The van der Waals surface area contributed by atoms with Crippen LogP contribution in [0.3, 0.4) is 0 Å². The van der Waals surface area contributed by atoms with Crippen molar-refractivity contribution in [1.29, 1.82) is 0 Å². The van der Waals surface area contributed by atoms with Gasteiger partial charge in [-0.1, -0.05) is 44.1 Å². The van der Waals surface area contributed by atoms with Crippen molar-refractivity contribution in [2.45, 2.75) is 51.3 Å². The molecule has 0 fully saturated rings. The van der Waals surface area contributed by atoms with Crippen LogP contribution in [0.5, 0.6) is 0 Å². The lowest BCUT2D eigenvalue weighted by molar-refractivity contribution is -0.142. The van der Waals surface area contributed by atoms with Gasteiger partial charge >= 0.3 is 12.4 Å². The molecule has 0 aliphatic rings. The van der Waals surface area contributed by atoms with Crippen molar-refractivity contribution in [3.63, 3.8) is 0 Å². The van der Waals surface area contributed by atoms with E-state index in [0.717, 1.165) is 23.3 Å². The summed E-state index contributed by atoms with van der Waals surface area (Å²) in [5, 5.41) is 0.909. The van der Waals surface area contributed by atoms with Gasteiger partial charge in [0.15, 0.2) is 0 Å². The summed E-state index contributed by atoms with van der Waals surface area (Å²) in [6, 6.07) is 6.08. The summed E-state index contributed by atoms with van der Waals surface area (Å²) in [7, 11) is -1.91. The highest BCUT2D eigenvalue weighted by Gasteiger charge is 2.41. The van der Waals surface area contributed by atoms with Crippen LogP contribution in [0.1, 0.15) is 32.0 Å². The first kappa shape index (κ1) is 20.5. The fraction of sp³-hybridized carbons (Fsp3) is 0.471. The normalized spacial score (nSPS) is 13.3. The molecule has 1 N–H and O–H groups in total. The smallest absolute Gasteiger partial charge is 0.349 e. The molecule has 0 atom stereocenters. The molecule has 0 saturated carbocycles. The predicted octanol–water partition coefficient (Wildman–Crippen LogP) is 5.83. The maximum Gasteiger partial charge on any atom is 0.431 e. The van der Waals surface area contributed by atoms with Crippen molar-refractivity contribution in [2.75, 3.05) is 0 Å². The van der Waals surface area contributed by atoms with Gasteiger partial charge in [0, 0.05) is 6.20 Å². The lowest BCUT2D eigenvalue weighted by atomic mass is 10.1. The van der Waals surface area contributed by atoms with Gasteiger partial charge < -0.3 is 4.98 Å². The Balaban J connectivity index is 2.66. The van der Waals surface area contributed by atoms with Crippen molar-refractivity contribution >= 4 is 13.3 Å². The monoisotopic (exact) mass is 394 g/mol.